The summed E-state index contributed by atoms with van der Waals surface area (Å²) in [5.41, 5.74) is 1.40. The summed E-state index contributed by atoms with van der Waals surface area (Å²) in [4.78, 5) is 27.4. The van der Waals surface area contributed by atoms with Gasteiger partial charge in [-0.1, -0.05) is 44.2 Å². The van der Waals surface area contributed by atoms with E-state index in [4.69, 9.17) is 0 Å². The maximum Gasteiger partial charge on any atom is 0.225 e. The molecule has 1 saturated heterocycles. The summed E-state index contributed by atoms with van der Waals surface area (Å²) in [7, 11) is 0. The Morgan fingerprint density at radius 2 is 1.59 bits per heavy atom. The van der Waals surface area contributed by atoms with Crippen LogP contribution in [0.25, 0.3) is 0 Å². The highest BCUT2D eigenvalue weighted by atomic mass is 16.2. The molecule has 1 N–H and O–H groups in total. The number of benzene rings is 1. The molecule has 2 aliphatic rings. The fourth-order valence-electron chi connectivity index (χ4n) is 4.79. The number of rotatable bonds is 7. The van der Waals surface area contributed by atoms with Crippen LogP contribution in [0.3, 0.4) is 0 Å². The predicted octanol–water partition coefficient (Wildman–Crippen LogP) is 4.44. The van der Waals surface area contributed by atoms with Crippen molar-refractivity contribution in [3.63, 3.8) is 0 Å². The third-order valence-corrected chi connectivity index (χ3v) is 6.76. The van der Waals surface area contributed by atoms with Crippen molar-refractivity contribution in [1.29, 1.82) is 0 Å². The minimum absolute atomic E-state index is 0.0998. The van der Waals surface area contributed by atoms with Crippen LogP contribution in [0.5, 0.6) is 0 Å². The van der Waals surface area contributed by atoms with E-state index in [1.165, 1.54) is 5.56 Å². The van der Waals surface area contributed by atoms with Gasteiger partial charge in [0, 0.05) is 31.5 Å². The van der Waals surface area contributed by atoms with Crippen LogP contribution in [0.15, 0.2) is 30.3 Å². The first-order chi connectivity index (χ1) is 14.0. The number of amides is 2. The molecule has 1 aliphatic heterocycles. The summed E-state index contributed by atoms with van der Waals surface area (Å²) in [6, 6.07) is 10.7. The molecule has 1 aliphatic carbocycles. The van der Waals surface area contributed by atoms with E-state index in [0.717, 1.165) is 71.0 Å². The normalized spacial score (nSPS) is 23.2. The van der Waals surface area contributed by atoms with E-state index in [-0.39, 0.29) is 17.7 Å². The Morgan fingerprint density at radius 1 is 0.966 bits per heavy atom. The van der Waals surface area contributed by atoms with Gasteiger partial charge in [-0.25, -0.2) is 0 Å². The first-order valence-electron chi connectivity index (χ1n) is 11.6. The molecule has 0 atom stereocenters. The molecule has 0 aromatic heterocycles. The van der Waals surface area contributed by atoms with E-state index in [1.807, 2.05) is 0 Å². The Morgan fingerprint density at radius 3 is 2.21 bits per heavy atom. The lowest BCUT2D eigenvalue weighted by Crippen LogP contribution is -2.43. The van der Waals surface area contributed by atoms with Crippen LogP contribution in [0, 0.1) is 23.7 Å². The molecular formula is C25H38N2O2. The number of nitrogens with zero attached hydrogens (tertiary/aromatic N) is 1. The Bertz CT molecular complexity index is 642. The summed E-state index contributed by atoms with van der Waals surface area (Å²) >= 11 is 0. The van der Waals surface area contributed by atoms with Gasteiger partial charge in [0.05, 0.1) is 0 Å². The zero-order valence-electron chi connectivity index (χ0n) is 18.2. The minimum Gasteiger partial charge on any atom is -0.356 e. The molecular weight excluding hydrogens is 360 g/mol. The van der Waals surface area contributed by atoms with Gasteiger partial charge in [-0.05, 0) is 68.8 Å². The second-order valence-electron chi connectivity index (χ2n) is 9.48. The molecule has 4 heteroatoms. The maximum absolute atomic E-state index is 13.0. The van der Waals surface area contributed by atoms with Crippen LogP contribution < -0.4 is 5.32 Å². The Balaban J connectivity index is 1.37. The number of nitrogens with one attached hydrogen (secondary N) is 1. The van der Waals surface area contributed by atoms with E-state index >= 15 is 0 Å². The fourth-order valence-corrected chi connectivity index (χ4v) is 4.79. The van der Waals surface area contributed by atoms with Crippen molar-refractivity contribution in [2.75, 3.05) is 19.6 Å². The number of hydrogen-bond donors (Lipinski definition) is 1. The average molecular weight is 399 g/mol. The van der Waals surface area contributed by atoms with Gasteiger partial charge >= 0.3 is 0 Å². The van der Waals surface area contributed by atoms with E-state index in [2.05, 4.69) is 54.4 Å². The van der Waals surface area contributed by atoms with Gasteiger partial charge in [0.2, 0.25) is 11.8 Å². The van der Waals surface area contributed by atoms with Gasteiger partial charge < -0.3 is 10.2 Å². The molecule has 1 aromatic rings. The summed E-state index contributed by atoms with van der Waals surface area (Å²) in [5, 5.41) is 3.08. The van der Waals surface area contributed by atoms with Crippen molar-refractivity contribution in [3.05, 3.63) is 35.9 Å². The molecule has 1 aromatic carbocycles. The van der Waals surface area contributed by atoms with Crippen molar-refractivity contribution in [2.45, 2.75) is 65.2 Å². The molecule has 3 rings (SSSR count). The molecule has 1 heterocycles. The van der Waals surface area contributed by atoms with E-state index < -0.39 is 0 Å². The number of piperidine rings is 1. The molecule has 4 nitrogen and oxygen atoms in total. The molecule has 0 radical (unpaired) electrons. The lowest BCUT2D eigenvalue weighted by Gasteiger charge is -2.36. The zero-order valence-corrected chi connectivity index (χ0v) is 18.2. The van der Waals surface area contributed by atoms with E-state index in [0.29, 0.717) is 17.7 Å². The molecule has 0 bridgehead atoms. The van der Waals surface area contributed by atoms with Crippen molar-refractivity contribution < 1.29 is 9.59 Å². The van der Waals surface area contributed by atoms with Crippen LogP contribution >= 0.6 is 0 Å². The van der Waals surface area contributed by atoms with Gasteiger partial charge in [-0.15, -0.1) is 0 Å². The largest absolute Gasteiger partial charge is 0.356 e. The summed E-state index contributed by atoms with van der Waals surface area (Å²) < 4.78 is 0. The lowest BCUT2D eigenvalue weighted by molar-refractivity contribution is -0.139. The van der Waals surface area contributed by atoms with Gasteiger partial charge in [-0.2, -0.15) is 0 Å². The second kappa shape index (κ2) is 10.8. The second-order valence-corrected chi connectivity index (χ2v) is 9.48. The van der Waals surface area contributed by atoms with Crippen molar-refractivity contribution in [3.8, 4) is 0 Å². The third-order valence-electron chi connectivity index (χ3n) is 6.76. The van der Waals surface area contributed by atoms with Gasteiger partial charge in [0.15, 0.2) is 0 Å². The molecule has 0 spiro atoms. The Kier molecular flexibility index (Phi) is 8.14. The summed E-state index contributed by atoms with van der Waals surface area (Å²) in [6.45, 7) is 6.91. The van der Waals surface area contributed by atoms with Crippen LogP contribution in [0.2, 0.25) is 0 Å². The van der Waals surface area contributed by atoms with Crippen LogP contribution in [0.1, 0.15) is 64.4 Å². The lowest BCUT2D eigenvalue weighted by atomic mass is 9.80. The Labute approximate surface area is 176 Å². The van der Waals surface area contributed by atoms with E-state index in [9.17, 15) is 9.59 Å². The Hall–Kier alpha value is -1.84. The monoisotopic (exact) mass is 398 g/mol. The zero-order chi connectivity index (χ0) is 20.6. The topological polar surface area (TPSA) is 49.4 Å². The minimum atomic E-state index is 0.0998. The number of hydrogen-bond acceptors (Lipinski definition) is 2. The maximum atomic E-state index is 13.0. The molecule has 1 saturated carbocycles. The SMILES string of the molecule is CC(C)CCNC(=O)C1CCC(C(=O)N2CCC(Cc3ccccc3)CC2)CC1. The molecule has 160 valence electrons. The molecule has 2 fully saturated rings. The smallest absolute Gasteiger partial charge is 0.225 e. The molecule has 0 unspecified atom stereocenters. The van der Waals surface area contributed by atoms with Crippen LogP contribution in [0.4, 0.5) is 0 Å². The molecule has 2 amide bonds. The first kappa shape index (κ1) is 21.9. The summed E-state index contributed by atoms with van der Waals surface area (Å²) in [6.07, 6.45) is 7.81. The standard InChI is InChI=1S/C25H38N2O2/c1-19(2)12-15-26-24(28)22-8-10-23(11-9-22)25(29)27-16-13-21(14-17-27)18-20-6-4-3-5-7-20/h3-7,19,21-23H,8-18H2,1-2H3,(H,26,28). The summed E-state index contributed by atoms with van der Waals surface area (Å²) in [5.74, 6) is 2.05. The molecule has 29 heavy (non-hydrogen) atoms. The van der Waals surface area contributed by atoms with Gasteiger partial charge in [0.25, 0.3) is 0 Å². The number of likely N-dealkylation sites (tertiary alicyclic amines) is 1. The van der Waals surface area contributed by atoms with Crippen molar-refractivity contribution in [2.24, 2.45) is 23.7 Å². The van der Waals surface area contributed by atoms with Crippen LogP contribution in [-0.4, -0.2) is 36.3 Å². The highest BCUT2D eigenvalue weighted by Crippen LogP contribution is 2.31. The number of carbonyl (C=O) groups excluding carboxylic acids is 2. The highest BCUT2D eigenvalue weighted by Gasteiger charge is 2.33. The average Bonchev–Trinajstić information content (AvgIpc) is 2.74. The van der Waals surface area contributed by atoms with Crippen molar-refractivity contribution >= 4 is 11.8 Å². The van der Waals surface area contributed by atoms with Crippen LogP contribution in [-0.2, 0) is 16.0 Å². The van der Waals surface area contributed by atoms with Gasteiger partial charge in [-0.3, -0.25) is 9.59 Å². The third kappa shape index (κ3) is 6.58. The quantitative estimate of drug-likeness (QED) is 0.738. The number of carbonyl (C=O) groups is 2. The van der Waals surface area contributed by atoms with Gasteiger partial charge in [0.1, 0.15) is 0 Å². The fraction of sp³-hybridized carbons (Fsp3) is 0.680. The highest BCUT2D eigenvalue weighted by molar-refractivity contribution is 5.81. The van der Waals surface area contributed by atoms with E-state index in [1.54, 1.807) is 0 Å². The van der Waals surface area contributed by atoms with Crippen molar-refractivity contribution in [1.82, 2.24) is 10.2 Å². The predicted molar refractivity (Wildman–Crippen MR) is 117 cm³/mol. The first-order valence-corrected chi connectivity index (χ1v) is 11.6.